The number of hydrogen-bond donors (Lipinski definition) is 5. The van der Waals surface area contributed by atoms with Crippen LogP contribution in [0.2, 0.25) is 0 Å². The van der Waals surface area contributed by atoms with Gasteiger partial charge in [-0.3, -0.25) is 24.6 Å². The molecule has 1 saturated heterocycles. The van der Waals surface area contributed by atoms with Gasteiger partial charge in [0, 0.05) is 24.6 Å². The number of hydrazine groups is 1. The molecule has 1 aliphatic rings. The van der Waals surface area contributed by atoms with Crippen molar-refractivity contribution in [2.24, 2.45) is 5.73 Å². The molecule has 49 heavy (non-hydrogen) atoms. The Labute approximate surface area is 281 Å². The van der Waals surface area contributed by atoms with Crippen molar-refractivity contribution >= 4 is 53.3 Å². The molecule has 0 spiro atoms. The maximum atomic E-state index is 14.5. The fourth-order valence-electron chi connectivity index (χ4n) is 5.20. The molecule has 0 radical (unpaired) electrons. The van der Waals surface area contributed by atoms with Crippen LogP contribution in [0.15, 0.2) is 48.5 Å². The lowest BCUT2D eigenvalue weighted by Crippen LogP contribution is -2.63. The summed E-state index contributed by atoms with van der Waals surface area (Å²) in [5.41, 5.74) is 4.10. The molecule has 3 atom stereocenters. The monoisotopic (exact) mass is 681 g/mol. The Kier molecular flexibility index (Phi) is 12.4. The summed E-state index contributed by atoms with van der Waals surface area (Å²) in [6, 6.07) is 7.74. The lowest BCUT2D eigenvalue weighted by Gasteiger charge is -2.37. The quantitative estimate of drug-likeness (QED) is 0.0615. The van der Waals surface area contributed by atoms with Crippen LogP contribution in [0.1, 0.15) is 55.6 Å². The highest BCUT2D eigenvalue weighted by atomic mass is 16.5. The van der Waals surface area contributed by atoms with E-state index >= 15 is 0 Å². The lowest BCUT2D eigenvalue weighted by molar-refractivity contribution is -0.173. The average Bonchev–Trinajstić information content (AvgIpc) is 3.27. The van der Waals surface area contributed by atoms with E-state index in [1.165, 1.54) is 39.0 Å². The lowest BCUT2D eigenvalue weighted by atomic mass is 9.89. The van der Waals surface area contributed by atoms with Crippen LogP contribution in [-0.4, -0.2) is 90.0 Å². The molecule has 0 saturated carbocycles. The van der Waals surface area contributed by atoms with Gasteiger partial charge in [-0.2, -0.15) is 5.01 Å². The molecule has 17 heteroatoms. The first-order valence-corrected chi connectivity index (χ1v) is 15.1. The van der Waals surface area contributed by atoms with Gasteiger partial charge in [0.15, 0.2) is 12.0 Å². The summed E-state index contributed by atoms with van der Waals surface area (Å²) in [6.07, 6.45) is -0.956. The minimum atomic E-state index is -2.00. The standard InChI is InChI=1S/C32H39N7O10/c1-6-48-25(41)17-23(35-18(3)40)26(42)38(24(28(44)49-7-2)15-19-11-9-8-10-12-19)39-29(45)32(4,37-31(39)46)21-14-13-20(27(43)47-5)16-22(21)36-30(33)34/h8-14,16,23-24H,6-7,15,17H2,1-5H3,(H,35,40)(H,37,46)(H4,33,34,36)/t23-,24-,32+/m0/s1. The zero-order valence-corrected chi connectivity index (χ0v) is 27.7. The second-order valence-corrected chi connectivity index (χ2v) is 10.9. The van der Waals surface area contributed by atoms with Crippen LogP contribution in [0.4, 0.5) is 10.5 Å². The van der Waals surface area contributed by atoms with Crippen LogP contribution >= 0.6 is 0 Å². The van der Waals surface area contributed by atoms with Gasteiger partial charge < -0.3 is 35.9 Å². The van der Waals surface area contributed by atoms with Crippen molar-refractivity contribution in [1.29, 1.82) is 5.41 Å². The third-order valence-corrected chi connectivity index (χ3v) is 7.34. The number of amides is 5. The normalized spacial score (nSPS) is 16.5. The predicted octanol–water partition coefficient (Wildman–Crippen LogP) is 0.921. The molecule has 0 aromatic heterocycles. The highest BCUT2D eigenvalue weighted by Gasteiger charge is 2.56. The van der Waals surface area contributed by atoms with Gasteiger partial charge in [0.2, 0.25) is 5.91 Å². The van der Waals surface area contributed by atoms with Gasteiger partial charge in [-0.25, -0.2) is 19.4 Å². The average molecular weight is 682 g/mol. The summed E-state index contributed by atoms with van der Waals surface area (Å²) in [4.78, 5) is 93.5. The third kappa shape index (κ3) is 8.68. The van der Waals surface area contributed by atoms with E-state index in [-0.39, 0.29) is 36.4 Å². The van der Waals surface area contributed by atoms with Crippen molar-refractivity contribution in [3.63, 3.8) is 0 Å². The second kappa shape index (κ2) is 16.2. The Bertz CT molecular complexity index is 1630. The number of nitrogens with one attached hydrogen (secondary N) is 4. The van der Waals surface area contributed by atoms with E-state index in [9.17, 15) is 33.6 Å². The number of imide groups is 1. The number of methoxy groups -OCH3 is 1. The predicted molar refractivity (Wildman–Crippen MR) is 172 cm³/mol. The Morgan fingerprint density at radius 2 is 1.69 bits per heavy atom. The van der Waals surface area contributed by atoms with E-state index in [1.807, 2.05) is 0 Å². The Hall–Kier alpha value is -6.00. The molecule has 1 fully saturated rings. The van der Waals surface area contributed by atoms with Crippen molar-refractivity contribution in [2.45, 2.75) is 58.2 Å². The number of rotatable bonds is 14. The molecule has 2 aromatic carbocycles. The second-order valence-electron chi connectivity index (χ2n) is 10.9. The summed E-state index contributed by atoms with van der Waals surface area (Å²) >= 11 is 0. The SMILES string of the molecule is CCOC(=O)C[C@H](NC(C)=O)C(=O)N([C@@H](Cc1ccccc1)C(=O)OCC)N1C(=O)N[C@](C)(c2ccc(C(=O)OC)cc2NC(=N)N)C1=O. The molecule has 1 heterocycles. The van der Waals surface area contributed by atoms with Gasteiger partial charge in [0.05, 0.1) is 32.3 Å². The van der Waals surface area contributed by atoms with E-state index in [4.69, 9.17) is 25.4 Å². The number of ether oxygens (including phenoxy) is 3. The topological polar surface area (TPSA) is 240 Å². The number of guanidine groups is 1. The van der Waals surface area contributed by atoms with Crippen LogP contribution in [-0.2, 0) is 50.1 Å². The smallest absolute Gasteiger partial charge is 0.344 e. The summed E-state index contributed by atoms with van der Waals surface area (Å²) in [5, 5.41) is 16.2. The summed E-state index contributed by atoms with van der Waals surface area (Å²) in [7, 11) is 1.16. The first-order valence-electron chi connectivity index (χ1n) is 15.1. The van der Waals surface area contributed by atoms with Gasteiger partial charge in [0.1, 0.15) is 11.6 Å². The molecule has 0 aliphatic carbocycles. The molecular formula is C32H39N7O10. The summed E-state index contributed by atoms with van der Waals surface area (Å²) in [5.74, 6) is -6.17. The number of carbonyl (C=O) groups is 7. The van der Waals surface area contributed by atoms with Gasteiger partial charge in [-0.1, -0.05) is 36.4 Å². The number of urea groups is 1. The van der Waals surface area contributed by atoms with Crippen molar-refractivity contribution in [1.82, 2.24) is 20.7 Å². The van der Waals surface area contributed by atoms with Gasteiger partial charge in [-0.15, -0.1) is 0 Å². The number of benzene rings is 2. The maximum absolute atomic E-state index is 14.5. The van der Waals surface area contributed by atoms with Crippen molar-refractivity contribution in [2.75, 3.05) is 25.6 Å². The van der Waals surface area contributed by atoms with Gasteiger partial charge >= 0.3 is 23.9 Å². The van der Waals surface area contributed by atoms with E-state index in [2.05, 4.69) is 16.0 Å². The number of hydrogen-bond acceptors (Lipinski definition) is 11. The maximum Gasteiger partial charge on any atom is 0.344 e. The van der Waals surface area contributed by atoms with E-state index in [1.54, 1.807) is 30.3 Å². The van der Waals surface area contributed by atoms with Crippen LogP contribution in [0, 0.1) is 5.41 Å². The molecule has 0 unspecified atom stereocenters. The summed E-state index contributed by atoms with van der Waals surface area (Å²) < 4.78 is 15.0. The molecule has 6 N–H and O–H groups in total. The summed E-state index contributed by atoms with van der Waals surface area (Å²) in [6.45, 7) is 5.28. The number of carbonyl (C=O) groups excluding carboxylic acids is 7. The zero-order valence-electron chi connectivity index (χ0n) is 27.7. The number of anilines is 1. The molecule has 1 aliphatic heterocycles. The Morgan fingerprint density at radius 1 is 1.04 bits per heavy atom. The largest absolute Gasteiger partial charge is 0.466 e. The zero-order chi connectivity index (χ0) is 36.5. The Balaban J connectivity index is 2.26. The fourth-order valence-corrected chi connectivity index (χ4v) is 5.20. The van der Waals surface area contributed by atoms with Crippen molar-refractivity contribution in [3.8, 4) is 0 Å². The highest BCUT2D eigenvalue weighted by molar-refractivity contribution is 6.10. The van der Waals surface area contributed by atoms with Crippen LogP contribution < -0.4 is 21.7 Å². The fraction of sp³-hybridized carbons (Fsp3) is 0.375. The molecule has 262 valence electrons. The highest BCUT2D eigenvalue weighted by Crippen LogP contribution is 2.36. The van der Waals surface area contributed by atoms with Crippen LogP contribution in [0.5, 0.6) is 0 Å². The van der Waals surface area contributed by atoms with Gasteiger partial charge in [-0.05, 0) is 38.5 Å². The van der Waals surface area contributed by atoms with Crippen LogP contribution in [0.25, 0.3) is 0 Å². The molecule has 2 aromatic rings. The van der Waals surface area contributed by atoms with E-state index in [0.717, 1.165) is 14.0 Å². The Morgan fingerprint density at radius 3 is 2.27 bits per heavy atom. The first kappa shape index (κ1) is 37.5. The number of nitrogens with zero attached hydrogens (tertiary/aromatic N) is 2. The van der Waals surface area contributed by atoms with E-state index in [0.29, 0.717) is 15.6 Å². The minimum absolute atomic E-state index is 0.0179. The third-order valence-electron chi connectivity index (χ3n) is 7.34. The molecular weight excluding hydrogens is 642 g/mol. The first-order chi connectivity index (χ1) is 23.2. The molecule has 3 rings (SSSR count). The molecule has 0 bridgehead atoms. The van der Waals surface area contributed by atoms with E-state index < -0.39 is 71.7 Å². The number of esters is 3. The van der Waals surface area contributed by atoms with Crippen molar-refractivity contribution < 1.29 is 47.8 Å². The molecule has 17 nitrogen and oxygen atoms in total. The molecule has 5 amide bonds. The van der Waals surface area contributed by atoms with Gasteiger partial charge in [0.25, 0.3) is 11.8 Å². The van der Waals surface area contributed by atoms with Crippen LogP contribution in [0.3, 0.4) is 0 Å². The minimum Gasteiger partial charge on any atom is -0.466 e. The van der Waals surface area contributed by atoms with Crippen molar-refractivity contribution in [3.05, 3.63) is 65.2 Å². The number of nitrogens with two attached hydrogens (primary N) is 1.